The molecule has 0 spiro atoms. The quantitative estimate of drug-likeness (QED) is 0.927. The molecule has 0 bridgehead atoms. The highest BCUT2D eigenvalue weighted by atomic mass is 32.1. The van der Waals surface area contributed by atoms with E-state index in [0.29, 0.717) is 35.8 Å². The van der Waals surface area contributed by atoms with Gasteiger partial charge in [-0.25, -0.2) is 9.37 Å². The summed E-state index contributed by atoms with van der Waals surface area (Å²) in [7, 11) is 0. The van der Waals surface area contributed by atoms with Gasteiger partial charge in [-0.1, -0.05) is 12.1 Å². The van der Waals surface area contributed by atoms with Gasteiger partial charge in [0, 0.05) is 24.0 Å². The molecular formula is C16H16FN3O2S. The van der Waals surface area contributed by atoms with Crippen LogP contribution >= 0.6 is 11.3 Å². The van der Waals surface area contributed by atoms with Crippen LogP contribution in [0, 0.1) is 11.7 Å². The van der Waals surface area contributed by atoms with E-state index in [2.05, 4.69) is 4.98 Å². The number of benzene rings is 1. The fraction of sp³-hybridized carbons (Fsp3) is 0.312. The van der Waals surface area contributed by atoms with Crippen molar-refractivity contribution in [2.24, 2.45) is 11.7 Å². The first-order valence-electron chi connectivity index (χ1n) is 7.30. The number of nitrogens with zero attached hydrogens (tertiary/aromatic N) is 2. The van der Waals surface area contributed by atoms with Gasteiger partial charge in [-0.05, 0) is 18.6 Å². The predicted molar refractivity (Wildman–Crippen MR) is 85.1 cm³/mol. The van der Waals surface area contributed by atoms with Crippen molar-refractivity contribution in [3.05, 3.63) is 41.2 Å². The molecule has 0 unspecified atom stereocenters. The number of thiazole rings is 1. The Balaban J connectivity index is 1.65. The zero-order chi connectivity index (χ0) is 16.4. The van der Waals surface area contributed by atoms with E-state index in [4.69, 9.17) is 5.73 Å². The molecule has 5 nitrogen and oxygen atoms in total. The lowest BCUT2D eigenvalue weighted by Crippen LogP contribution is -2.32. The summed E-state index contributed by atoms with van der Waals surface area (Å²) >= 11 is 1.38. The molecule has 2 aromatic rings. The van der Waals surface area contributed by atoms with Crippen molar-refractivity contribution in [3.8, 4) is 10.6 Å². The first-order chi connectivity index (χ1) is 11.0. The molecule has 2 heterocycles. The zero-order valence-corrected chi connectivity index (χ0v) is 13.2. The Bertz CT molecular complexity index is 746. The van der Waals surface area contributed by atoms with E-state index < -0.39 is 0 Å². The summed E-state index contributed by atoms with van der Waals surface area (Å²) in [5.74, 6) is -0.991. The van der Waals surface area contributed by atoms with Crippen LogP contribution in [-0.4, -0.2) is 34.8 Å². The lowest BCUT2D eigenvalue weighted by molar-refractivity contribution is -0.129. The maximum absolute atomic E-state index is 13.3. The number of rotatable bonds is 4. The van der Waals surface area contributed by atoms with Gasteiger partial charge in [-0.15, -0.1) is 11.3 Å². The number of nitrogens with two attached hydrogens (primary N) is 1. The van der Waals surface area contributed by atoms with E-state index in [1.165, 1.54) is 23.5 Å². The standard InChI is InChI=1S/C16H16FN3O2S/c17-12-3-1-2-10(6-12)16-19-13(9-23-16)7-14(21)20-5-4-11(8-20)15(18)22/h1-3,6,9,11H,4-5,7-8H2,(H2,18,22)/t11-/m1/s1. The first-order valence-corrected chi connectivity index (χ1v) is 8.18. The minimum absolute atomic E-state index is 0.0650. The SMILES string of the molecule is NC(=O)[C@@H]1CCN(C(=O)Cc2csc(-c3cccc(F)c3)n2)C1. The second-order valence-corrected chi connectivity index (χ2v) is 6.42. The Morgan fingerprint density at radius 3 is 2.96 bits per heavy atom. The molecule has 1 fully saturated rings. The summed E-state index contributed by atoms with van der Waals surface area (Å²) in [6, 6.07) is 6.21. The Kier molecular flexibility index (Phi) is 4.38. The van der Waals surface area contributed by atoms with Crippen LogP contribution in [0.1, 0.15) is 12.1 Å². The molecule has 1 saturated heterocycles. The van der Waals surface area contributed by atoms with Gasteiger partial charge in [0.05, 0.1) is 18.0 Å². The Hall–Kier alpha value is -2.28. The molecule has 2 N–H and O–H groups in total. The molecule has 1 atom stereocenters. The van der Waals surface area contributed by atoms with Crippen molar-refractivity contribution in [2.75, 3.05) is 13.1 Å². The number of likely N-dealkylation sites (tertiary alicyclic amines) is 1. The number of carbonyl (C=O) groups is 2. The highest BCUT2D eigenvalue weighted by molar-refractivity contribution is 7.13. The van der Waals surface area contributed by atoms with E-state index in [1.807, 2.05) is 0 Å². The summed E-state index contributed by atoms with van der Waals surface area (Å²) in [6.07, 6.45) is 0.796. The normalized spacial score (nSPS) is 17.4. The highest BCUT2D eigenvalue weighted by Gasteiger charge is 2.29. The van der Waals surface area contributed by atoms with Crippen molar-refractivity contribution in [1.82, 2.24) is 9.88 Å². The van der Waals surface area contributed by atoms with Gasteiger partial charge in [0.1, 0.15) is 10.8 Å². The van der Waals surface area contributed by atoms with Crippen molar-refractivity contribution in [2.45, 2.75) is 12.8 Å². The minimum Gasteiger partial charge on any atom is -0.369 e. The van der Waals surface area contributed by atoms with Gasteiger partial charge in [0.15, 0.2) is 0 Å². The van der Waals surface area contributed by atoms with E-state index >= 15 is 0 Å². The van der Waals surface area contributed by atoms with Crippen molar-refractivity contribution in [1.29, 1.82) is 0 Å². The van der Waals surface area contributed by atoms with E-state index in [1.54, 1.807) is 22.4 Å². The van der Waals surface area contributed by atoms with Crippen LogP contribution in [0.3, 0.4) is 0 Å². The summed E-state index contributed by atoms with van der Waals surface area (Å²) in [4.78, 5) is 29.5. The highest BCUT2D eigenvalue weighted by Crippen LogP contribution is 2.25. The van der Waals surface area contributed by atoms with Gasteiger partial charge < -0.3 is 10.6 Å². The Morgan fingerprint density at radius 1 is 1.43 bits per heavy atom. The lowest BCUT2D eigenvalue weighted by Gasteiger charge is -2.15. The summed E-state index contributed by atoms with van der Waals surface area (Å²) < 4.78 is 13.3. The van der Waals surface area contributed by atoms with E-state index in [-0.39, 0.29) is 30.0 Å². The molecule has 1 aliphatic rings. The largest absolute Gasteiger partial charge is 0.369 e. The number of carbonyl (C=O) groups excluding carboxylic acids is 2. The average Bonchev–Trinajstić information content (AvgIpc) is 3.16. The average molecular weight is 333 g/mol. The molecule has 1 aromatic heterocycles. The van der Waals surface area contributed by atoms with Crippen molar-refractivity contribution < 1.29 is 14.0 Å². The molecule has 23 heavy (non-hydrogen) atoms. The number of aromatic nitrogens is 1. The van der Waals surface area contributed by atoms with Gasteiger partial charge in [0.25, 0.3) is 0 Å². The summed E-state index contributed by atoms with van der Waals surface area (Å²) in [6.45, 7) is 0.933. The van der Waals surface area contributed by atoms with Crippen molar-refractivity contribution >= 4 is 23.2 Å². The topological polar surface area (TPSA) is 76.3 Å². The molecule has 2 amide bonds. The third kappa shape index (κ3) is 3.56. The second kappa shape index (κ2) is 6.45. The van der Waals surface area contributed by atoms with Crippen molar-refractivity contribution in [3.63, 3.8) is 0 Å². The fourth-order valence-corrected chi connectivity index (χ4v) is 3.44. The van der Waals surface area contributed by atoms with Crippen LogP contribution in [0.5, 0.6) is 0 Å². The van der Waals surface area contributed by atoms with Gasteiger partial charge in [-0.2, -0.15) is 0 Å². The van der Waals surface area contributed by atoms with Crippen LogP contribution in [0.4, 0.5) is 4.39 Å². The molecule has 0 radical (unpaired) electrons. The predicted octanol–water partition coefficient (Wildman–Crippen LogP) is 1.83. The third-order valence-electron chi connectivity index (χ3n) is 3.90. The van der Waals surface area contributed by atoms with Crippen LogP contribution in [-0.2, 0) is 16.0 Å². The van der Waals surface area contributed by atoms with Crippen LogP contribution < -0.4 is 5.73 Å². The first kappa shape index (κ1) is 15.6. The van der Waals surface area contributed by atoms with Crippen LogP contribution in [0.25, 0.3) is 10.6 Å². The summed E-state index contributed by atoms with van der Waals surface area (Å²) in [5, 5.41) is 2.49. The Morgan fingerprint density at radius 2 is 2.26 bits per heavy atom. The number of hydrogen-bond acceptors (Lipinski definition) is 4. The minimum atomic E-state index is -0.359. The van der Waals surface area contributed by atoms with E-state index in [9.17, 15) is 14.0 Å². The monoisotopic (exact) mass is 333 g/mol. The Labute approximate surface area is 136 Å². The van der Waals surface area contributed by atoms with Gasteiger partial charge in [0.2, 0.25) is 11.8 Å². The number of hydrogen-bond donors (Lipinski definition) is 1. The van der Waals surface area contributed by atoms with Gasteiger partial charge >= 0.3 is 0 Å². The maximum atomic E-state index is 13.3. The molecule has 1 aromatic carbocycles. The second-order valence-electron chi connectivity index (χ2n) is 5.56. The summed E-state index contributed by atoms with van der Waals surface area (Å²) in [5.41, 5.74) is 6.63. The smallest absolute Gasteiger partial charge is 0.228 e. The molecule has 0 aliphatic carbocycles. The number of amides is 2. The number of primary amides is 1. The fourth-order valence-electron chi connectivity index (χ4n) is 2.63. The molecule has 0 saturated carbocycles. The lowest BCUT2D eigenvalue weighted by atomic mass is 10.1. The third-order valence-corrected chi connectivity index (χ3v) is 4.84. The van der Waals surface area contributed by atoms with E-state index in [0.717, 1.165) is 0 Å². The van der Waals surface area contributed by atoms with Crippen LogP contribution in [0.2, 0.25) is 0 Å². The maximum Gasteiger partial charge on any atom is 0.228 e. The molecule has 7 heteroatoms. The molecule has 120 valence electrons. The zero-order valence-electron chi connectivity index (χ0n) is 12.4. The van der Waals surface area contributed by atoms with Gasteiger partial charge in [-0.3, -0.25) is 9.59 Å². The van der Waals surface area contributed by atoms with Crippen LogP contribution in [0.15, 0.2) is 29.6 Å². The molecule has 1 aliphatic heterocycles. The number of halogens is 1. The molecule has 3 rings (SSSR count). The molecular weight excluding hydrogens is 317 g/mol.